The Balaban J connectivity index is 2.25. The first-order chi connectivity index (χ1) is 7.24. The van der Waals surface area contributed by atoms with E-state index in [0.29, 0.717) is 0 Å². The van der Waals surface area contributed by atoms with E-state index >= 15 is 0 Å². The third kappa shape index (κ3) is 1.95. The molecule has 1 aromatic carbocycles. The largest absolute Gasteiger partial charge is 0.497 e. The van der Waals surface area contributed by atoms with Crippen LogP contribution in [0.4, 0.5) is 0 Å². The number of hydrogen-bond acceptors (Lipinski definition) is 2. The second-order valence-electron chi connectivity index (χ2n) is 3.75. The topological polar surface area (TPSA) is 35.2 Å². The molecule has 2 heteroatoms. The van der Waals surface area contributed by atoms with Crippen LogP contribution in [0, 0.1) is 0 Å². The molecule has 0 unspecified atom stereocenters. The van der Waals surface area contributed by atoms with E-state index in [4.69, 9.17) is 10.5 Å². The summed E-state index contributed by atoms with van der Waals surface area (Å²) in [5.74, 6) is 0.881. The lowest BCUT2D eigenvalue weighted by atomic mass is 9.85. The normalized spacial score (nSPS) is 24.8. The van der Waals surface area contributed by atoms with Crippen LogP contribution in [0.25, 0.3) is 0 Å². The summed E-state index contributed by atoms with van der Waals surface area (Å²) in [6.45, 7) is 0. The van der Waals surface area contributed by atoms with Gasteiger partial charge in [0.05, 0.1) is 12.6 Å². The van der Waals surface area contributed by atoms with Crippen LogP contribution in [-0.4, -0.2) is 7.11 Å². The highest BCUT2D eigenvalue weighted by Crippen LogP contribution is 2.28. The van der Waals surface area contributed by atoms with Gasteiger partial charge in [-0.05, 0) is 24.1 Å². The van der Waals surface area contributed by atoms with Crippen molar-refractivity contribution in [1.29, 1.82) is 0 Å². The van der Waals surface area contributed by atoms with Crippen molar-refractivity contribution < 1.29 is 4.74 Å². The molecule has 0 spiro atoms. The van der Waals surface area contributed by atoms with E-state index in [1.807, 2.05) is 36.4 Å². The van der Waals surface area contributed by atoms with Crippen molar-refractivity contribution >= 4 is 0 Å². The average molecular weight is 201 g/mol. The first-order valence-electron chi connectivity index (χ1n) is 5.02. The molecule has 0 bridgehead atoms. The maximum atomic E-state index is 6.31. The van der Waals surface area contributed by atoms with Crippen LogP contribution in [0.15, 0.2) is 54.3 Å². The standard InChI is InChI=1S/C13H15NO/c1-15-12-7-9-13(14,10-8-12)11-5-3-2-4-6-11/h2-9H,10,14H2,1H3/t13-/m1/s1. The summed E-state index contributed by atoms with van der Waals surface area (Å²) in [6, 6.07) is 10.1. The predicted octanol–water partition coefficient (Wildman–Crippen LogP) is 2.33. The van der Waals surface area contributed by atoms with Crippen LogP contribution >= 0.6 is 0 Å². The third-order valence-electron chi connectivity index (χ3n) is 2.73. The molecule has 1 aromatic rings. The van der Waals surface area contributed by atoms with E-state index < -0.39 is 0 Å². The maximum Gasteiger partial charge on any atom is 0.114 e. The molecule has 15 heavy (non-hydrogen) atoms. The molecule has 0 fully saturated rings. The molecule has 0 saturated heterocycles. The van der Waals surface area contributed by atoms with Crippen LogP contribution in [0.3, 0.4) is 0 Å². The highest BCUT2D eigenvalue weighted by atomic mass is 16.5. The molecule has 0 aliphatic heterocycles. The quantitative estimate of drug-likeness (QED) is 0.797. The van der Waals surface area contributed by atoms with Gasteiger partial charge < -0.3 is 10.5 Å². The van der Waals surface area contributed by atoms with Crippen LogP contribution in [0.2, 0.25) is 0 Å². The summed E-state index contributed by atoms with van der Waals surface area (Å²) in [7, 11) is 1.67. The molecular weight excluding hydrogens is 186 g/mol. The summed E-state index contributed by atoms with van der Waals surface area (Å²) in [5, 5.41) is 0. The van der Waals surface area contributed by atoms with E-state index in [0.717, 1.165) is 17.7 Å². The summed E-state index contributed by atoms with van der Waals surface area (Å²) >= 11 is 0. The van der Waals surface area contributed by atoms with Crippen molar-refractivity contribution in [1.82, 2.24) is 0 Å². The molecule has 0 aromatic heterocycles. The Bertz CT molecular complexity index is 394. The van der Waals surface area contributed by atoms with E-state index in [2.05, 4.69) is 12.1 Å². The van der Waals surface area contributed by atoms with Gasteiger partial charge in [-0.15, -0.1) is 0 Å². The molecule has 0 radical (unpaired) electrons. The summed E-state index contributed by atoms with van der Waals surface area (Å²) < 4.78 is 5.14. The molecule has 2 nitrogen and oxygen atoms in total. The Morgan fingerprint density at radius 3 is 2.53 bits per heavy atom. The zero-order valence-electron chi connectivity index (χ0n) is 8.81. The number of nitrogens with two attached hydrogens (primary N) is 1. The van der Waals surface area contributed by atoms with E-state index in [1.165, 1.54) is 0 Å². The minimum absolute atomic E-state index is 0.386. The van der Waals surface area contributed by atoms with Gasteiger partial charge in [0, 0.05) is 0 Å². The van der Waals surface area contributed by atoms with Gasteiger partial charge in [0.15, 0.2) is 0 Å². The molecule has 2 N–H and O–H groups in total. The minimum atomic E-state index is -0.386. The second-order valence-corrected chi connectivity index (χ2v) is 3.75. The van der Waals surface area contributed by atoms with Crippen LogP contribution in [-0.2, 0) is 10.3 Å². The number of hydrogen-bond donors (Lipinski definition) is 1. The highest BCUT2D eigenvalue weighted by molar-refractivity contribution is 5.35. The minimum Gasteiger partial charge on any atom is -0.497 e. The molecule has 0 saturated carbocycles. The van der Waals surface area contributed by atoms with Crippen LogP contribution < -0.4 is 5.73 Å². The van der Waals surface area contributed by atoms with Gasteiger partial charge in [-0.25, -0.2) is 0 Å². The molecule has 1 aliphatic rings. The van der Waals surface area contributed by atoms with Crippen molar-refractivity contribution in [2.75, 3.05) is 7.11 Å². The summed E-state index contributed by atoms with van der Waals surface area (Å²) in [4.78, 5) is 0. The van der Waals surface area contributed by atoms with Gasteiger partial charge >= 0.3 is 0 Å². The third-order valence-corrected chi connectivity index (χ3v) is 2.73. The Morgan fingerprint density at radius 1 is 1.27 bits per heavy atom. The van der Waals surface area contributed by atoms with Gasteiger partial charge in [-0.3, -0.25) is 0 Å². The zero-order chi connectivity index (χ0) is 10.7. The first-order valence-corrected chi connectivity index (χ1v) is 5.02. The maximum absolute atomic E-state index is 6.31. The number of methoxy groups -OCH3 is 1. The first kappa shape index (κ1) is 9.99. The Morgan fingerprint density at radius 2 is 2.00 bits per heavy atom. The van der Waals surface area contributed by atoms with Gasteiger partial charge in [0.25, 0.3) is 0 Å². The van der Waals surface area contributed by atoms with Crippen molar-refractivity contribution in [2.24, 2.45) is 5.73 Å². The molecule has 1 aliphatic carbocycles. The highest BCUT2D eigenvalue weighted by Gasteiger charge is 2.25. The molecular formula is C13H15NO. The second kappa shape index (κ2) is 3.91. The number of ether oxygens (including phenoxy) is 1. The predicted molar refractivity (Wildman–Crippen MR) is 61.2 cm³/mol. The molecule has 78 valence electrons. The van der Waals surface area contributed by atoms with Crippen molar-refractivity contribution in [3.05, 3.63) is 59.9 Å². The monoisotopic (exact) mass is 201 g/mol. The molecule has 0 amide bonds. The van der Waals surface area contributed by atoms with Gasteiger partial charge in [-0.2, -0.15) is 0 Å². The fourth-order valence-electron chi connectivity index (χ4n) is 1.75. The molecule has 1 atom stereocenters. The number of benzene rings is 1. The lowest BCUT2D eigenvalue weighted by molar-refractivity contribution is 0.299. The Kier molecular flexibility index (Phi) is 2.60. The average Bonchev–Trinajstić information content (AvgIpc) is 2.31. The lowest BCUT2D eigenvalue weighted by Gasteiger charge is -2.28. The van der Waals surface area contributed by atoms with E-state index in [1.54, 1.807) is 7.11 Å². The summed E-state index contributed by atoms with van der Waals surface area (Å²) in [6.07, 6.45) is 6.72. The SMILES string of the molecule is COC1=CC[C@@](N)(c2ccccc2)C=C1. The Labute approximate surface area is 90.1 Å². The fraction of sp³-hybridized carbons (Fsp3) is 0.231. The smallest absolute Gasteiger partial charge is 0.114 e. The number of allylic oxidation sites excluding steroid dienone is 1. The van der Waals surface area contributed by atoms with Crippen LogP contribution in [0.1, 0.15) is 12.0 Å². The van der Waals surface area contributed by atoms with E-state index in [-0.39, 0.29) is 5.54 Å². The van der Waals surface area contributed by atoms with Crippen molar-refractivity contribution in [3.8, 4) is 0 Å². The van der Waals surface area contributed by atoms with Gasteiger partial charge in [0.1, 0.15) is 5.76 Å². The fourth-order valence-corrected chi connectivity index (χ4v) is 1.75. The molecule has 0 heterocycles. The van der Waals surface area contributed by atoms with Gasteiger partial charge in [-0.1, -0.05) is 36.4 Å². The Hall–Kier alpha value is -1.54. The molecule has 2 rings (SSSR count). The van der Waals surface area contributed by atoms with Crippen molar-refractivity contribution in [3.63, 3.8) is 0 Å². The van der Waals surface area contributed by atoms with E-state index in [9.17, 15) is 0 Å². The lowest BCUT2D eigenvalue weighted by Crippen LogP contribution is -2.35. The summed E-state index contributed by atoms with van der Waals surface area (Å²) in [5.41, 5.74) is 7.06. The van der Waals surface area contributed by atoms with Crippen molar-refractivity contribution in [2.45, 2.75) is 12.0 Å². The zero-order valence-corrected chi connectivity index (χ0v) is 8.81. The van der Waals surface area contributed by atoms with Gasteiger partial charge in [0.2, 0.25) is 0 Å². The number of rotatable bonds is 2. The van der Waals surface area contributed by atoms with Crippen LogP contribution in [0.5, 0.6) is 0 Å².